The van der Waals surface area contributed by atoms with Gasteiger partial charge < -0.3 is 14.2 Å². The lowest BCUT2D eigenvalue weighted by Crippen LogP contribution is -2.41. The molecule has 0 saturated heterocycles. The minimum absolute atomic E-state index is 0.118. The van der Waals surface area contributed by atoms with Crippen LogP contribution in [0.3, 0.4) is 0 Å². The molecule has 1 N–H and O–H groups in total. The smallest absolute Gasteiger partial charge is 0.375 e. The quantitative estimate of drug-likeness (QED) is 0.522. The molecule has 0 heterocycles. The molecule has 0 bridgehead atoms. The molecule has 1 unspecified atom stereocenters. The van der Waals surface area contributed by atoms with Crippen LogP contribution in [0.15, 0.2) is 0 Å². The van der Waals surface area contributed by atoms with Gasteiger partial charge in [0.05, 0.1) is 19.5 Å². The highest BCUT2D eigenvalue weighted by atomic mass is 32.2. The van der Waals surface area contributed by atoms with E-state index in [0.29, 0.717) is 6.26 Å². The highest BCUT2D eigenvalue weighted by Gasteiger charge is 2.57. The second-order valence-corrected chi connectivity index (χ2v) is 7.35. The predicted octanol–water partition coefficient (Wildman–Crippen LogP) is 1.03. The lowest BCUT2D eigenvalue weighted by Gasteiger charge is -2.30. The maximum absolute atomic E-state index is 12.3. The first kappa shape index (κ1) is 17.5. The topological polar surface area (TPSA) is 116 Å². The van der Waals surface area contributed by atoms with E-state index in [1.165, 1.54) is 13.8 Å². The summed E-state index contributed by atoms with van der Waals surface area (Å²) >= 11 is 0. The maximum Gasteiger partial charge on any atom is 0.375 e. The summed E-state index contributed by atoms with van der Waals surface area (Å²) in [5.74, 6) is -1.75. The van der Waals surface area contributed by atoms with Crippen LogP contribution in [0.1, 0.15) is 20.8 Å². The fraction of sp³-hybridized carbons (Fsp3) is 0.875. The largest absolute Gasteiger partial charge is 0.479 e. The van der Waals surface area contributed by atoms with Crippen molar-refractivity contribution in [2.75, 3.05) is 19.5 Å². The van der Waals surface area contributed by atoms with Gasteiger partial charge in [0.25, 0.3) is 15.5 Å². The number of hydrogen-bond donors (Lipinski definition) is 1. The zero-order valence-corrected chi connectivity index (χ0v) is 12.3. The zero-order chi connectivity index (χ0) is 14.6. The fourth-order valence-corrected chi connectivity index (χ4v) is 4.03. The highest BCUT2D eigenvalue weighted by Crippen LogP contribution is 2.61. The lowest BCUT2D eigenvalue weighted by molar-refractivity contribution is -0.148. The molecule has 108 valence electrons. The molecule has 0 aliphatic heterocycles. The van der Waals surface area contributed by atoms with Gasteiger partial charge in [0, 0.05) is 0 Å². The van der Waals surface area contributed by atoms with E-state index in [1.807, 2.05) is 0 Å². The molecule has 18 heavy (non-hydrogen) atoms. The highest BCUT2D eigenvalue weighted by molar-refractivity contribution is 7.86. The summed E-state index contributed by atoms with van der Waals surface area (Å²) in [6, 6.07) is 0. The molecule has 0 rings (SSSR count). The van der Waals surface area contributed by atoms with Gasteiger partial charge in [0.15, 0.2) is 0 Å². The number of carbonyl (C=O) groups is 1. The number of hydrogen-bond acceptors (Lipinski definition) is 7. The summed E-state index contributed by atoms with van der Waals surface area (Å²) in [4.78, 5) is 11.2. The summed E-state index contributed by atoms with van der Waals surface area (Å²) in [6.07, 6.45) is 0.649. The van der Waals surface area contributed by atoms with Crippen LogP contribution in [0, 0.1) is 0 Å². The summed E-state index contributed by atoms with van der Waals surface area (Å²) < 4.78 is 48.5. The minimum Gasteiger partial charge on any atom is -0.479 e. The first-order valence-corrected chi connectivity index (χ1v) is 8.41. The van der Waals surface area contributed by atoms with Crippen molar-refractivity contribution in [3.63, 3.8) is 0 Å². The monoisotopic (exact) mass is 304 g/mol. The van der Waals surface area contributed by atoms with E-state index in [9.17, 15) is 17.8 Å². The van der Waals surface area contributed by atoms with Gasteiger partial charge in [-0.3, -0.25) is 4.57 Å². The van der Waals surface area contributed by atoms with E-state index in [0.717, 1.165) is 6.92 Å². The molecule has 0 aromatic carbocycles. The van der Waals surface area contributed by atoms with Crippen molar-refractivity contribution in [2.24, 2.45) is 0 Å². The minimum atomic E-state index is -4.29. The van der Waals surface area contributed by atoms with Crippen molar-refractivity contribution >= 4 is 23.7 Å². The van der Waals surface area contributed by atoms with E-state index in [1.54, 1.807) is 0 Å². The molecule has 0 aliphatic carbocycles. The Kier molecular flexibility index (Phi) is 5.96. The maximum atomic E-state index is 12.3. The number of carboxylic acid groups (broad SMARTS) is 1. The third kappa shape index (κ3) is 4.03. The van der Waals surface area contributed by atoms with Gasteiger partial charge in [0.1, 0.15) is 0 Å². The Morgan fingerprint density at radius 2 is 1.67 bits per heavy atom. The average Bonchev–Trinajstić information content (AvgIpc) is 2.15. The molecule has 0 fully saturated rings. The second-order valence-electron chi connectivity index (χ2n) is 3.41. The zero-order valence-electron chi connectivity index (χ0n) is 10.6. The van der Waals surface area contributed by atoms with E-state index in [2.05, 4.69) is 4.18 Å². The number of rotatable bonds is 8. The first-order valence-electron chi connectivity index (χ1n) is 5.05. The Morgan fingerprint density at radius 3 is 1.89 bits per heavy atom. The molecular formula is C8H17O8PS. The second kappa shape index (κ2) is 6.12. The standard InChI is InChI=1S/C8H17O8PS/c1-5-14-17(11,15-6-2)8(3,7(9)10)16-18(4,12)13/h5-6H2,1-4H3,(H,9,10). The van der Waals surface area contributed by atoms with Gasteiger partial charge >= 0.3 is 13.6 Å². The van der Waals surface area contributed by atoms with Crippen LogP contribution in [0.25, 0.3) is 0 Å². The molecular weight excluding hydrogens is 287 g/mol. The van der Waals surface area contributed by atoms with Crippen LogP contribution < -0.4 is 0 Å². The van der Waals surface area contributed by atoms with Crippen molar-refractivity contribution < 1.29 is 36.1 Å². The lowest BCUT2D eigenvalue weighted by atomic mass is 10.4. The molecule has 0 aliphatic rings. The van der Waals surface area contributed by atoms with Crippen LogP contribution in [-0.4, -0.2) is 44.3 Å². The third-order valence-corrected chi connectivity index (χ3v) is 5.11. The Morgan fingerprint density at radius 1 is 1.28 bits per heavy atom. The molecule has 1 atom stereocenters. The van der Waals surface area contributed by atoms with Crippen molar-refractivity contribution in [2.45, 2.75) is 26.1 Å². The molecule has 0 aromatic rings. The average molecular weight is 304 g/mol. The van der Waals surface area contributed by atoms with Crippen molar-refractivity contribution in [3.8, 4) is 0 Å². The summed E-state index contributed by atoms with van der Waals surface area (Å²) in [7, 11) is -8.45. The van der Waals surface area contributed by atoms with Crippen LogP contribution in [0.5, 0.6) is 0 Å². The predicted molar refractivity (Wildman–Crippen MR) is 62.8 cm³/mol. The van der Waals surface area contributed by atoms with Gasteiger partial charge in [-0.15, -0.1) is 0 Å². The Bertz CT molecular complexity index is 434. The fourth-order valence-electron chi connectivity index (χ4n) is 1.12. The normalized spacial score (nSPS) is 16.2. The van der Waals surface area contributed by atoms with E-state index in [-0.39, 0.29) is 13.2 Å². The SMILES string of the molecule is CCOP(=O)(OCC)C(C)(OS(C)(=O)=O)C(=O)O. The van der Waals surface area contributed by atoms with Crippen LogP contribution in [0.4, 0.5) is 0 Å². The molecule has 10 heteroatoms. The van der Waals surface area contributed by atoms with Crippen molar-refractivity contribution in [3.05, 3.63) is 0 Å². The van der Waals surface area contributed by atoms with E-state index < -0.39 is 29.0 Å². The Balaban J connectivity index is 5.68. The molecule has 8 nitrogen and oxygen atoms in total. The Hall–Kier alpha value is -0.470. The van der Waals surface area contributed by atoms with Crippen LogP contribution in [-0.2, 0) is 32.7 Å². The molecule has 0 saturated carbocycles. The van der Waals surface area contributed by atoms with Gasteiger partial charge in [-0.1, -0.05) is 0 Å². The van der Waals surface area contributed by atoms with Crippen LogP contribution in [0.2, 0.25) is 0 Å². The van der Waals surface area contributed by atoms with E-state index in [4.69, 9.17) is 14.2 Å². The van der Waals surface area contributed by atoms with Crippen molar-refractivity contribution in [1.29, 1.82) is 0 Å². The molecule has 0 amide bonds. The first-order chi connectivity index (χ1) is 8.02. The number of carboxylic acids is 1. The van der Waals surface area contributed by atoms with Gasteiger partial charge in [0.2, 0.25) is 0 Å². The third-order valence-electron chi connectivity index (χ3n) is 1.83. The number of aliphatic carboxylic acids is 1. The Labute approximate surface area is 106 Å². The van der Waals surface area contributed by atoms with E-state index >= 15 is 0 Å². The van der Waals surface area contributed by atoms with Crippen LogP contribution >= 0.6 is 7.60 Å². The molecule has 0 radical (unpaired) electrons. The van der Waals surface area contributed by atoms with Crippen molar-refractivity contribution in [1.82, 2.24) is 0 Å². The van der Waals surface area contributed by atoms with Gasteiger partial charge in [-0.25, -0.2) is 8.98 Å². The molecule has 0 spiro atoms. The summed E-state index contributed by atoms with van der Waals surface area (Å²) in [6.45, 7) is 3.53. The summed E-state index contributed by atoms with van der Waals surface area (Å²) in [5, 5.41) is 6.44. The summed E-state index contributed by atoms with van der Waals surface area (Å²) in [5.41, 5.74) is 0. The molecule has 0 aromatic heterocycles. The van der Waals surface area contributed by atoms with Gasteiger partial charge in [-0.2, -0.15) is 8.42 Å². The van der Waals surface area contributed by atoms with Gasteiger partial charge in [-0.05, 0) is 20.8 Å².